The van der Waals surface area contributed by atoms with Crippen LogP contribution in [0.3, 0.4) is 0 Å². The van der Waals surface area contributed by atoms with E-state index in [-0.39, 0.29) is 18.1 Å². The SMILES string of the molecule is Cc1cnc(C(=O)N2CC[C@@H]3C[C@H](c4nc(C)cs4)O[C@H]3C2)cn1. The summed E-state index contributed by atoms with van der Waals surface area (Å²) in [5.41, 5.74) is 2.26. The van der Waals surface area contributed by atoms with Gasteiger partial charge in [-0.3, -0.25) is 9.78 Å². The molecule has 0 bridgehead atoms. The molecule has 2 aromatic rings. The summed E-state index contributed by atoms with van der Waals surface area (Å²) < 4.78 is 6.22. The third-order valence-electron chi connectivity index (χ3n) is 4.75. The first-order chi connectivity index (χ1) is 11.6. The number of likely N-dealkylation sites (tertiary alicyclic amines) is 1. The number of thiazole rings is 1. The molecule has 0 unspecified atom stereocenters. The molecule has 0 N–H and O–H groups in total. The van der Waals surface area contributed by atoms with Crippen LogP contribution in [0.5, 0.6) is 0 Å². The maximum Gasteiger partial charge on any atom is 0.274 e. The third-order valence-corrected chi connectivity index (χ3v) is 5.81. The highest BCUT2D eigenvalue weighted by molar-refractivity contribution is 7.09. The molecule has 0 saturated carbocycles. The maximum atomic E-state index is 12.6. The highest BCUT2D eigenvalue weighted by Crippen LogP contribution is 2.41. The lowest BCUT2D eigenvalue weighted by Gasteiger charge is -2.33. The maximum absolute atomic E-state index is 12.6. The van der Waals surface area contributed by atoms with Crippen LogP contribution in [0.2, 0.25) is 0 Å². The van der Waals surface area contributed by atoms with Crippen molar-refractivity contribution in [3.8, 4) is 0 Å². The van der Waals surface area contributed by atoms with E-state index in [0.29, 0.717) is 18.2 Å². The number of fused-ring (bicyclic) bond motifs is 1. The van der Waals surface area contributed by atoms with Crippen LogP contribution in [-0.2, 0) is 4.74 Å². The van der Waals surface area contributed by atoms with Crippen molar-refractivity contribution in [2.75, 3.05) is 13.1 Å². The number of hydrogen-bond acceptors (Lipinski definition) is 6. The Labute approximate surface area is 144 Å². The van der Waals surface area contributed by atoms with Crippen LogP contribution < -0.4 is 0 Å². The minimum Gasteiger partial charge on any atom is -0.366 e. The summed E-state index contributed by atoms with van der Waals surface area (Å²) in [6.07, 6.45) is 5.33. The number of aromatic nitrogens is 3. The van der Waals surface area contributed by atoms with Crippen LogP contribution in [-0.4, -0.2) is 45.0 Å². The van der Waals surface area contributed by atoms with Gasteiger partial charge in [-0.15, -0.1) is 11.3 Å². The minimum absolute atomic E-state index is 0.0573. The van der Waals surface area contributed by atoms with Gasteiger partial charge in [0, 0.05) is 30.4 Å². The number of nitrogens with zero attached hydrogens (tertiary/aromatic N) is 4. The number of carbonyl (C=O) groups is 1. The first-order valence-electron chi connectivity index (χ1n) is 8.25. The van der Waals surface area contributed by atoms with Crippen molar-refractivity contribution < 1.29 is 9.53 Å². The molecular formula is C17H20N4O2S. The molecular weight excluding hydrogens is 324 g/mol. The van der Waals surface area contributed by atoms with Gasteiger partial charge < -0.3 is 9.64 Å². The quantitative estimate of drug-likeness (QED) is 0.837. The summed E-state index contributed by atoms with van der Waals surface area (Å²) in [5, 5.41) is 3.12. The normalized spacial score (nSPS) is 26.4. The zero-order valence-corrected chi connectivity index (χ0v) is 14.6. The molecule has 7 heteroatoms. The van der Waals surface area contributed by atoms with Gasteiger partial charge in [-0.1, -0.05) is 0 Å². The molecule has 4 heterocycles. The highest BCUT2D eigenvalue weighted by atomic mass is 32.1. The van der Waals surface area contributed by atoms with Gasteiger partial charge in [0.1, 0.15) is 16.8 Å². The van der Waals surface area contributed by atoms with Gasteiger partial charge in [-0.25, -0.2) is 9.97 Å². The Morgan fingerprint density at radius 3 is 2.88 bits per heavy atom. The van der Waals surface area contributed by atoms with Gasteiger partial charge in [0.05, 0.1) is 18.0 Å². The van der Waals surface area contributed by atoms with Crippen LogP contribution in [0.15, 0.2) is 17.8 Å². The fraction of sp³-hybridized carbons (Fsp3) is 0.529. The second-order valence-electron chi connectivity index (χ2n) is 6.57. The topological polar surface area (TPSA) is 68.2 Å². The average molecular weight is 344 g/mol. The number of carbonyl (C=O) groups excluding carboxylic acids is 1. The Bertz CT molecular complexity index is 745. The molecule has 2 aliphatic heterocycles. The lowest BCUT2D eigenvalue weighted by atomic mass is 9.91. The molecule has 0 aliphatic carbocycles. The van der Waals surface area contributed by atoms with E-state index in [2.05, 4.69) is 20.3 Å². The Balaban J connectivity index is 1.44. The molecule has 2 aromatic heterocycles. The van der Waals surface area contributed by atoms with Crippen molar-refractivity contribution in [2.45, 2.75) is 38.9 Å². The summed E-state index contributed by atoms with van der Waals surface area (Å²) in [5.74, 6) is 0.449. The standard InChI is InChI=1S/C17H20N4O2S/c1-10-6-19-13(7-18-10)17(22)21-4-3-12-5-14(23-15(12)8-21)16-20-11(2)9-24-16/h6-7,9,12,14-15H,3-5,8H2,1-2H3/t12-,14-,15+/m1/s1. The Morgan fingerprint density at radius 2 is 2.17 bits per heavy atom. The predicted octanol–water partition coefficient (Wildman–Crippen LogP) is 2.54. The first kappa shape index (κ1) is 15.7. The van der Waals surface area contributed by atoms with Gasteiger partial charge in [-0.2, -0.15) is 0 Å². The van der Waals surface area contributed by atoms with E-state index < -0.39 is 0 Å². The van der Waals surface area contributed by atoms with Crippen molar-refractivity contribution >= 4 is 17.2 Å². The smallest absolute Gasteiger partial charge is 0.274 e. The predicted molar refractivity (Wildman–Crippen MR) is 89.9 cm³/mol. The molecule has 24 heavy (non-hydrogen) atoms. The van der Waals surface area contributed by atoms with E-state index in [1.54, 1.807) is 23.7 Å². The van der Waals surface area contributed by atoms with E-state index >= 15 is 0 Å². The molecule has 2 saturated heterocycles. The number of aryl methyl sites for hydroxylation is 2. The van der Waals surface area contributed by atoms with Crippen molar-refractivity contribution in [1.29, 1.82) is 0 Å². The molecule has 2 aliphatic rings. The van der Waals surface area contributed by atoms with Gasteiger partial charge in [-0.05, 0) is 32.6 Å². The van der Waals surface area contributed by atoms with Crippen LogP contribution in [0.4, 0.5) is 0 Å². The first-order valence-corrected chi connectivity index (χ1v) is 9.13. The molecule has 1 amide bonds. The summed E-state index contributed by atoms with van der Waals surface area (Å²) in [6, 6.07) is 0. The lowest BCUT2D eigenvalue weighted by molar-refractivity contribution is -0.00468. The Hall–Kier alpha value is -1.86. The molecule has 126 valence electrons. The molecule has 0 radical (unpaired) electrons. The van der Waals surface area contributed by atoms with Crippen molar-refractivity contribution in [3.63, 3.8) is 0 Å². The van der Waals surface area contributed by atoms with Gasteiger partial charge in [0.15, 0.2) is 0 Å². The van der Waals surface area contributed by atoms with E-state index in [0.717, 1.165) is 35.8 Å². The highest BCUT2D eigenvalue weighted by Gasteiger charge is 2.41. The van der Waals surface area contributed by atoms with Crippen LogP contribution in [0.25, 0.3) is 0 Å². The molecule has 2 fully saturated rings. The van der Waals surface area contributed by atoms with Gasteiger partial charge in [0.25, 0.3) is 5.91 Å². The molecule has 3 atom stereocenters. The number of amides is 1. The zero-order valence-electron chi connectivity index (χ0n) is 13.8. The summed E-state index contributed by atoms with van der Waals surface area (Å²) in [4.78, 5) is 27.4. The summed E-state index contributed by atoms with van der Waals surface area (Å²) in [6.45, 7) is 5.24. The van der Waals surface area contributed by atoms with Gasteiger partial charge in [0.2, 0.25) is 0 Å². The molecule has 0 aromatic carbocycles. The fourth-order valence-electron chi connectivity index (χ4n) is 3.46. The number of hydrogen-bond donors (Lipinski definition) is 0. The second-order valence-corrected chi connectivity index (χ2v) is 7.46. The van der Waals surface area contributed by atoms with Crippen LogP contribution in [0.1, 0.15) is 45.8 Å². The minimum atomic E-state index is -0.0573. The van der Waals surface area contributed by atoms with Crippen molar-refractivity contribution in [2.24, 2.45) is 5.92 Å². The Kier molecular flexibility index (Phi) is 4.05. The number of piperidine rings is 1. The van der Waals surface area contributed by atoms with E-state index in [1.165, 1.54) is 0 Å². The molecule has 6 nitrogen and oxygen atoms in total. The molecule has 4 rings (SSSR count). The second kappa shape index (κ2) is 6.22. The van der Waals surface area contributed by atoms with E-state index in [1.807, 2.05) is 18.7 Å². The largest absolute Gasteiger partial charge is 0.366 e. The summed E-state index contributed by atoms with van der Waals surface area (Å²) in [7, 11) is 0. The number of ether oxygens (including phenoxy) is 1. The van der Waals surface area contributed by atoms with Crippen LogP contribution >= 0.6 is 11.3 Å². The Morgan fingerprint density at radius 1 is 1.29 bits per heavy atom. The van der Waals surface area contributed by atoms with E-state index in [9.17, 15) is 4.79 Å². The van der Waals surface area contributed by atoms with Crippen LogP contribution in [0, 0.1) is 19.8 Å². The van der Waals surface area contributed by atoms with Crippen molar-refractivity contribution in [3.05, 3.63) is 39.9 Å². The molecule has 0 spiro atoms. The van der Waals surface area contributed by atoms with Gasteiger partial charge >= 0.3 is 0 Å². The average Bonchev–Trinajstić information content (AvgIpc) is 3.20. The summed E-state index contributed by atoms with van der Waals surface area (Å²) >= 11 is 1.66. The third kappa shape index (κ3) is 2.93. The fourth-order valence-corrected chi connectivity index (χ4v) is 4.30. The monoisotopic (exact) mass is 344 g/mol. The zero-order chi connectivity index (χ0) is 16.7. The van der Waals surface area contributed by atoms with Crippen molar-refractivity contribution in [1.82, 2.24) is 19.9 Å². The number of rotatable bonds is 2. The lowest BCUT2D eigenvalue weighted by Crippen LogP contribution is -2.45. The van der Waals surface area contributed by atoms with E-state index in [4.69, 9.17) is 4.74 Å².